The van der Waals surface area contributed by atoms with Gasteiger partial charge in [0, 0.05) is 30.9 Å². The molecule has 1 fully saturated rings. The van der Waals surface area contributed by atoms with E-state index in [-0.39, 0.29) is 11.5 Å². The average Bonchev–Trinajstić information content (AvgIpc) is 2.87. The second kappa shape index (κ2) is 6.71. The molecule has 21 heavy (non-hydrogen) atoms. The monoisotopic (exact) mass is 307 g/mol. The zero-order valence-corrected chi connectivity index (χ0v) is 12.9. The molecule has 0 N–H and O–H groups in total. The predicted octanol–water partition coefficient (Wildman–Crippen LogP) is 2.92. The van der Waals surface area contributed by atoms with Gasteiger partial charge in [0.25, 0.3) is 5.69 Å². The molecule has 0 unspecified atom stereocenters. The van der Waals surface area contributed by atoms with Gasteiger partial charge in [-0.25, -0.2) is 4.99 Å². The van der Waals surface area contributed by atoms with E-state index in [2.05, 4.69) is 4.99 Å². The number of ketones is 1. The van der Waals surface area contributed by atoms with Crippen molar-refractivity contribution in [2.24, 2.45) is 4.99 Å². The summed E-state index contributed by atoms with van der Waals surface area (Å²) in [7, 11) is 0. The van der Waals surface area contributed by atoms with Crippen LogP contribution in [0.2, 0.25) is 0 Å². The first-order valence-corrected chi connectivity index (χ1v) is 7.73. The van der Waals surface area contributed by atoms with Crippen LogP contribution in [0, 0.1) is 17.0 Å². The van der Waals surface area contributed by atoms with Gasteiger partial charge >= 0.3 is 0 Å². The van der Waals surface area contributed by atoms with E-state index >= 15 is 0 Å². The molecule has 1 heterocycles. The molecule has 1 aromatic carbocycles. The lowest BCUT2D eigenvalue weighted by molar-refractivity contribution is -0.384. The van der Waals surface area contributed by atoms with Crippen molar-refractivity contribution in [1.82, 2.24) is 4.90 Å². The lowest BCUT2D eigenvalue weighted by Crippen LogP contribution is -2.30. The van der Waals surface area contributed by atoms with E-state index < -0.39 is 4.92 Å². The molecular formula is C14H17N3O3S. The van der Waals surface area contributed by atoms with Gasteiger partial charge in [0.2, 0.25) is 0 Å². The van der Waals surface area contributed by atoms with Gasteiger partial charge in [-0.15, -0.1) is 0 Å². The molecule has 0 spiro atoms. The van der Waals surface area contributed by atoms with E-state index in [1.165, 1.54) is 12.1 Å². The fraction of sp³-hybridized carbons (Fsp3) is 0.429. The number of nitro benzene ring substituents is 1. The molecule has 112 valence electrons. The molecule has 1 saturated heterocycles. The highest BCUT2D eigenvalue weighted by atomic mass is 32.2. The van der Waals surface area contributed by atoms with Crippen molar-refractivity contribution < 1.29 is 9.72 Å². The molecule has 1 aliphatic rings. The Kier molecular flexibility index (Phi) is 4.95. The van der Waals surface area contributed by atoms with Crippen LogP contribution in [0.1, 0.15) is 18.9 Å². The van der Waals surface area contributed by atoms with E-state index in [4.69, 9.17) is 0 Å². The Balaban J connectivity index is 2.22. The summed E-state index contributed by atoms with van der Waals surface area (Å²) in [5.74, 6) is 1.09. The summed E-state index contributed by atoms with van der Waals surface area (Å²) in [6.45, 7) is 4.84. The van der Waals surface area contributed by atoms with Crippen LogP contribution in [0.4, 0.5) is 11.4 Å². The van der Waals surface area contributed by atoms with Crippen LogP contribution < -0.4 is 0 Å². The van der Waals surface area contributed by atoms with E-state index in [0.717, 1.165) is 23.0 Å². The van der Waals surface area contributed by atoms with Gasteiger partial charge in [-0.3, -0.25) is 14.9 Å². The van der Waals surface area contributed by atoms with Crippen LogP contribution >= 0.6 is 11.8 Å². The third-order valence-corrected chi connectivity index (χ3v) is 4.23. The minimum absolute atomic E-state index is 0.0635. The second-order valence-corrected chi connectivity index (χ2v) is 5.85. The highest BCUT2D eigenvalue weighted by molar-refractivity contribution is 8.14. The molecule has 0 atom stereocenters. The predicted molar refractivity (Wildman–Crippen MR) is 84.3 cm³/mol. The maximum absolute atomic E-state index is 11.6. The number of Topliss-reactive ketones (excluding diaryl/α,β-unsaturated/α-hetero) is 1. The first-order valence-electron chi connectivity index (χ1n) is 6.74. The first kappa shape index (κ1) is 15.5. The van der Waals surface area contributed by atoms with Gasteiger partial charge in [0.1, 0.15) is 0 Å². The maximum Gasteiger partial charge on any atom is 0.269 e. The zero-order chi connectivity index (χ0) is 15.4. The summed E-state index contributed by atoms with van der Waals surface area (Å²) in [5, 5.41) is 11.5. The van der Waals surface area contributed by atoms with Crippen molar-refractivity contribution in [3.05, 3.63) is 33.9 Å². The molecular weight excluding hydrogens is 290 g/mol. The van der Waals surface area contributed by atoms with Gasteiger partial charge < -0.3 is 4.90 Å². The third kappa shape index (κ3) is 3.81. The SMILES string of the molecule is CCC(=O)CN1CCSC1=Nc1ccc([N+](=O)[O-])cc1C. The number of non-ortho nitro benzene ring substituents is 1. The van der Waals surface area contributed by atoms with Gasteiger partial charge in [-0.1, -0.05) is 18.7 Å². The van der Waals surface area contributed by atoms with Crippen molar-refractivity contribution in [1.29, 1.82) is 0 Å². The fourth-order valence-electron chi connectivity index (χ4n) is 1.99. The Labute approximate surface area is 127 Å². The highest BCUT2D eigenvalue weighted by Gasteiger charge is 2.21. The van der Waals surface area contributed by atoms with Crippen molar-refractivity contribution in [3.63, 3.8) is 0 Å². The van der Waals surface area contributed by atoms with Crippen LogP contribution in [0.5, 0.6) is 0 Å². The maximum atomic E-state index is 11.6. The summed E-state index contributed by atoms with van der Waals surface area (Å²) in [6.07, 6.45) is 0.519. The summed E-state index contributed by atoms with van der Waals surface area (Å²) >= 11 is 1.61. The number of benzene rings is 1. The lowest BCUT2D eigenvalue weighted by atomic mass is 10.2. The van der Waals surface area contributed by atoms with E-state index in [1.54, 1.807) is 24.8 Å². The second-order valence-electron chi connectivity index (χ2n) is 4.78. The number of rotatable bonds is 5. The number of carbonyl (C=O) groups excluding carboxylic acids is 1. The van der Waals surface area contributed by atoms with Gasteiger partial charge in [0.05, 0.1) is 17.2 Å². The lowest BCUT2D eigenvalue weighted by Gasteiger charge is -2.16. The number of hydrogen-bond donors (Lipinski definition) is 0. The summed E-state index contributed by atoms with van der Waals surface area (Å²) in [5.41, 5.74) is 1.53. The molecule has 0 aromatic heterocycles. The smallest absolute Gasteiger partial charge is 0.269 e. The van der Waals surface area contributed by atoms with Gasteiger partial charge in [-0.05, 0) is 18.6 Å². The summed E-state index contributed by atoms with van der Waals surface area (Å²) < 4.78 is 0. The number of nitro groups is 1. The molecule has 1 aliphatic heterocycles. The molecule has 6 nitrogen and oxygen atoms in total. The Hall–Kier alpha value is -1.89. The third-order valence-electron chi connectivity index (χ3n) is 3.23. The quantitative estimate of drug-likeness (QED) is 0.617. The number of nitrogens with zero attached hydrogens (tertiary/aromatic N) is 3. The Morgan fingerprint density at radius 2 is 2.29 bits per heavy atom. The first-order chi connectivity index (χ1) is 10.0. The molecule has 0 bridgehead atoms. The van der Waals surface area contributed by atoms with Crippen LogP contribution in [0.3, 0.4) is 0 Å². The van der Waals surface area contributed by atoms with Crippen LogP contribution in [-0.2, 0) is 4.79 Å². The van der Waals surface area contributed by atoms with Crippen molar-refractivity contribution >= 4 is 34.1 Å². The highest BCUT2D eigenvalue weighted by Crippen LogP contribution is 2.27. The van der Waals surface area contributed by atoms with Crippen LogP contribution in [-0.4, -0.2) is 39.6 Å². The molecule has 2 rings (SSSR count). The van der Waals surface area contributed by atoms with Crippen molar-refractivity contribution in [3.8, 4) is 0 Å². The Morgan fingerprint density at radius 3 is 2.90 bits per heavy atom. The number of carbonyl (C=O) groups is 1. The normalized spacial score (nSPS) is 16.5. The van der Waals surface area contributed by atoms with E-state index in [1.807, 2.05) is 11.8 Å². The van der Waals surface area contributed by atoms with Crippen molar-refractivity contribution in [2.75, 3.05) is 18.8 Å². The average molecular weight is 307 g/mol. The fourth-order valence-corrected chi connectivity index (χ4v) is 2.99. The van der Waals surface area contributed by atoms with Crippen LogP contribution in [0.25, 0.3) is 0 Å². The van der Waals surface area contributed by atoms with E-state index in [9.17, 15) is 14.9 Å². The van der Waals surface area contributed by atoms with E-state index in [0.29, 0.717) is 18.7 Å². The standard InChI is InChI=1S/C14H17N3O3S/c1-3-12(18)9-16-6-7-21-14(16)15-13-5-4-11(17(19)20)8-10(13)2/h4-5,8H,3,6-7,9H2,1-2H3. The molecule has 7 heteroatoms. The topological polar surface area (TPSA) is 75.8 Å². The number of hydrogen-bond acceptors (Lipinski definition) is 5. The molecule has 1 aromatic rings. The number of aliphatic imine (C=N–C) groups is 1. The van der Waals surface area contributed by atoms with Crippen molar-refractivity contribution in [2.45, 2.75) is 20.3 Å². The minimum Gasteiger partial charge on any atom is -0.343 e. The minimum atomic E-state index is -0.416. The largest absolute Gasteiger partial charge is 0.343 e. The number of aryl methyl sites for hydroxylation is 1. The molecule has 0 saturated carbocycles. The van der Waals surface area contributed by atoms with Gasteiger partial charge in [0.15, 0.2) is 11.0 Å². The van der Waals surface area contributed by atoms with Crippen LogP contribution in [0.15, 0.2) is 23.2 Å². The Bertz CT molecular complexity index is 601. The number of amidine groups is 1. The number of thioether (sulfide) groups is 1. The Morgan fingerprint density at radius 1 is 1.52 bits per heavy atom. The summed E-state index contributed by atoms with van der Waals surface area (Å²) in [4.78, 5) is 28.4. The molecule has 0 aliphatic carbocycles. The molecule has 0 radical (unpaired) electrons. The molecule has 0 amide bonds. The summed E-state index contributed by atoms with van der Waals surface area (Å²) in [6, 6.07) is 4.62. The van der Waals surface area contributed by atoms with Gasteiger partial charge in [-0.2, -0.15) is 0 Å². The zero-order valence-electron chi connectivity index (χ0n) is 12.0.